The van der Waals surface area contributed by atoms with E-state index in [4.69, 9.17) is 0 Å². The van der Waals surface area contributed by atoms with E-state index in [9.17, 15) is 9.90 Å². The van der Waals surface area contributed by atoms with Crippen LogP contribution in [0.5, 0.6) is 0 Å². The molecule has 184 valence electrons. The second-order valence-electron chi connectivity index (χ2n) is 9.34. The van der Waals surface area contributed by atoms with E-state index in [1.54, 1.807) is 12.1 Å². The number of aliphatic hydroxyl groups excluding tert-OH is 1. The van der Waals surface area contributed by atoms with Crippen molar-refractivity contribution >= 4 is 28.2 Å². The normalized spacial score (nSPS) is 14.2. The first-order chi connectivity index (χ1) is 17.6. The van der Waals surface area contributed by atoms with E-state index >= 15 is 0 Å². The standard InChI is InChI=1S/C30H32N4O2/c1-22-12-13-27-28(31-22)10-5-11-29(27)34-18-16-33(17-19-34)15-14-23-6-4-8-25(20-23)32-30(36)26-9-3-2-7-24(26)21-35/h2-13,20,35H,14-19,21H2,1H3,(H,32,36). The van der Waals surface area contributed by atoms with Gasteiger partial charge < -0.3 is 15.3 Å². The maximum absolute atomic E-state index is 12.7. The van der Waals surface area contributed by atoms with Crippen molar-refractivity contribution in [2.24, 2.45) is 0 Å². The number of aliphatic hydroxyl groups is 1. The molecule has 1 aliphatic rings. The molecule has 2 N–H and O–H groups in total. The van der Waals surface area contributed by atoms with Crippen molar-refractivity contribution in [3.05, 3.63) is 101 Å². The Bertz CT molecular complexity index is 1360. The molecule has 0 aliphatic carbocycles. The Labute approximate surface area is 212 Å². The van der Waals surface area contributed by atoms with Gasteiger partial charge in [-0.3, -0.25) is 14.7 Å². The number of carbonyl (C=O) groups excluding carboxylic acids is 1. The van der Waals surface area contributed by atoms with Crippen molar-refractivity contribution in [1.29, 1.82) is 0 Å². The van der Waals surface area contributed by atoms with Gasteiger partial charge in [-0.25, -0.2) is 0 Å². The summed E-state index contributed by atoms with van der Waals surface area (Å²) in [5, 5.41) is 13.7. The molecule has 6 nitrogen and oxygen atoms in total. The average molecular weight is 481 g/mol. The van der Waals surface area contributed by atoms with Gasteiger partial charge in [0.25, 0.3) is 5.91 Å². The Kier molecular flexibility index (Phi) is 7.26. The predicted molar refractivity (Wildman–Crippen MR) is 146 cm³/mol. The first-order valence-electron chi connectivity index (χ1n) is 12.5. The summed E-state index contributed by atoms with van der Waals surface area (Å²) in [4.78, 5) is 22.4. The van der Waals surface area contributed by atoms with Crippen molar-refractivity contribution in [3.63, 3.8) is 0 Å². The van der Waals surface area contributed by atoms with Gasteiger partial charge in [-0.15, -0.1) is 0 Å². The maximum Gasteiger partial charge on any atom is 0.256 e. The van der Waals surface area contributed by atoms with Crippen LogP contribution in [0.15, 0.2) is 78.9 Å². The lowest BCUT2D eigenvalue weighted by molar-refractivity contribution is 0.102. The first kappa shape index (κ1) is 24.0. The van der Waals surface area contributed by atoms with Crippen molar-refractivity contribution in [1.82, 2.24) is 9.88 Å². The number of rotatable bonds is 7. The van der Waals surface area contributed by atoms with Crippen molar-refractivity contribution in [2.45, 2.75) is 20.0 Å². The Morgan fingerprint density at radius 1 is 0.944 bits per heavy atom. The maximum atomic E-state index is 12.7. The third-order valence-corrected chi connectivity index (χ3v) is 6.89. The molecule has 2 heterocycles. The number of piperazine rings is 1. The van der Waals surface area contributed by atoms with Gasteiger partial charge in [-0.05, 0) is 66.9 Å². The molecule has 36 heavy (non-hydrogen) atoms. The molecule has 4 aromatic rings. The van der Waals surface area contributed by atoms with Gasteiger partial charge in [0.05, 0.1) is 12.1 Å². The van der Waals surface area contributed by atoms with Gasteiger partial charge in [-0.2, -0.15) is 0 Å². The summed E-state index contributed by atoms with van der Waals surface area (Å²) in [5.74, 6) is -0.202. The van der Waals surface area contributed by atoms with Crippen LogP contribution in [0.25, 0.3) is 10.9 Å². The largest absolute Gasteiger partial charge is 0.392 e. The number of aromatic nitrogens is 1. The van der Waals surface area contributed by atoms with Gasteiger partial charge >= 0.3 is 0 Å². The molecular weight excluding hydrogens is 448 g/mol. The highest BCUT2D eigenvalue weighted by Crippen LogP contribution is 2.27. The van der Waals surface area contributed by atoms with Crippen LogP contribution < -0.4 is 10.2 Å². The smallest absolute Gasteiger partial charge is 0.256 e. The predicted octanol–water partition coefficient (Wildman–Crippen LogP) is 4.65. The zero-order chi connectivity index (χ0) is 24.9. The number of benzene rings is 3. The van der Waals surface area contributed by atoms with Gasteiger partial charge in [0.1, 0.15) is 0 Å². The molecule has 0 bridgehead atoms. The fourth-order valence-corrected chi connectivity index (χ4v) is 4.90. The van der Waals surface area contributed by atoms with Gasteiger partial charge in [-0.1, -0.05) is 36.4 Å². The number of nitrogens with one attached hydrogen (secondary N) is 1. The summed E-state index contributed by atoms with van der Waals surface area (Å²) in [5.41, 5.74) is 6.47. The van der Waals surface area contributed by atoms with Crippen LogP contribution in [0.3, 0.4) is 0 Å². The van der Waals surface area contributed by atoms with E-state index in [1.807, 2.05) is 37.3 Å². The minimum Gasteiger partial charge on any atom is -0.392 e. The zero-order valence-electron chi connectivity index (χ0n) is 20.7. The Morgan fingerprint density at radius 3 is 2.58 bits per heavy atom. The third-order valence-electron chi connectivity index (χ3n) is 6.89. The van der Waals surface area contributed by atoms with E-state index in [1.165, 1.54) is 16.6 Å². The minimum atomic E-state index is -0.202. The quantitative estimate of drug-likeness (QED) is 0.403. The first-order valence-corrected chi connectivity index (χ1v) is 12.5. The summed E-state index contributed by atoms with van der Waals surface area (Å²) in [6.45, 7) is 6.88. The summed E-state index contributed by atoms with van der Waals surface area (Å²) in [6.07, 6.45) is 0.925. The number of anilines is 2. The van der Waals surface area contributed by atoms with E-state index in [0.29, 0.717) is 11.1 Å². The summed E-state index contributed by atoms with van der Waals surface area (Å²) in [7, 11) is 0. The molecule has 3 aromatic carbocycles. The molecule has 1 fully saturated rings. The Balaban J connectivity index is 1.16. The lowest BCUT2D eigenvalue weighted by Gasteiger charge is -2.36. The third kappa shape index (κ3) is 5.40. The Morgan fingerprint density at radius 2 is 1.75 bits per heavy atom. The van der Waals surface area contributed by atoms with Gasteiger partial charge in [0, 0.05) is 60.7 Å². The fraction of sp³-hybridized carbons (Fsp3) is 0.267. The van der Waals surface area contributed by atoms with Gasteiger partial charge in [0.2, 0.25) is 0 Å². The number of carbonyl (C=O) groups is 1. The SMILES string of the molecule is Cc1ccc2c(N3CCN(CCc4cccc(NC(=O)c5ccccc5CO)c4)CC3)cccc2n1. The number of nitrogens with zero attached hydrogens (tertiary/aromatic N) is 3. The van der Waals surface area contributed by atoms with Crippen LogP contribution in [0, 0.1) is 6.92 Å². The van der Waals surface area contributed by atoms with E-state index < -0.39 is 0 Å². The molecule has 0 saturated carbocycles. The molecular formula is C30H32N4O2. The highest BCUT2D eigenvalue weighted by molar-refractivity contribution is 6.05. The zero-order valence-corrected chi connectivity index (χ0v) is 20.7. The van der Waals surface area contributed by atoms with Crippen LogP contribution in [0.4, 0.5) is 11.4 Å². The number of pyridine rings is 1. The molecule has 1 aromatic heterocycles. The lowest BCUT2D eigenvalue weighted by Crippen LogP contribution is -2.47. The second kappa shape index (κ2) is 10.9. The van der Waals surface area contributed by atoms with Crippen LogP contribution in [0.2, 0.25) is 0 Å². The number of hydrogen-bond acceptors (Lipinski definition) is 5. The number of amides is 1. The average Bonchev–Trinajstić information content (AvgIpc) is 2.92. The highest BCUT2D eigenvalue weighted by atomic mass is 16.3. The topological polar surface area (TPSA) is 68.7 Å². The van der Waals surface area contributed by atoms with E-state index in [0.717, 1.165) is 56.0 Å². The Hall–Kier alpha value is -3.74. The van der Waals surface area contributed by atoms with Crippen LogP contribution in [-0.2, 0) is 13.0 Å². The van der Waals surface area contributed by atoms with E-state index in [-0.39, 0.29) is 12.5 Å². The highest BCUT2D eigenvalue weighted by Gasteiger charge is 2.19. The molecule has 6 heteroatoms. The number of fused-ring (bicyclic) bond motifs is 1. The van der Waals surface area contributed by atoms with Gasteiger partial charge in [0.15, 0.2) is 0 Å². The van der Waals surface area contributed by atoms with Crippen molar-refractivity contribution in [2.75, 3.05) is 42.9 Å². The summed E-state index contributed by atoms with van der Waals surface area (Å²) in [6, 6.07) is 25.8. The molecule has 0 unspecified atom stereocenters. The second-order valence-corrected chi connectivity index (χ2v) is 9.34. The molecule has 0 radical (unpaired) electrons. The monoisotopic (exact) mass is 480 g/mol. The lowest BCUT2D eigenvalue weighted by atomic mass is 10.1. The number of aryl methyl sites for hydroxylation is 1. The van der Waals surface area contributed by atoms with Crippen LogP contribution >= 0.6 is 0 Å². The molecule has 1 amide bonds. The summed E-state index contributed by atoms with van der Waals surface area (Å²) >= 11 is 0. The summed E-state index contributed by atoms with van der Waals surface area (Å²) < 4.78 is 0. The van der Waals surface area contributed by atoms with Crippen LogP contribution in [-0.4, -0.2) is 53.6 Å². The molecule has 0 atom stereocenters. The van der Waals surface area contributed by atoms with E-state index in [2.05, 4.69) is 56.5 Å². The van der Waals surface area contributed by atoms with Crippen molar-refractivity contribution < 1.29 is 9.90 Å². The molecule has 1 saturated heterocycles. The minimum absolute atomic E-state index is 0.159. The molecule has 1 aliphatic heterocycles. The fourth-order valence-electron chi connectivity index (χ4n) is 4.90. The van der Waals surface area contributed by atoms with Crippen LogP contribution in [0.1, 0.15) is 27.2 Å². The van der Waals surface area contributed by atoms with Crippen molar-refractivity contribution in [3.8, 4) is 0 Å². The number of hydrogen-bond donors (Lipinski definition) is 2. The molecule has 0 spiro atoms. The molecule has 5 rings (SSSR count).